The Morgan fingerprint density at radius 3 is 2.88 bits per heavy atom. The highest BCUT2D eigenvalue weighted by Crippen LogP contribution is 2.13. The van der Waals surface area contributed by atoms with Gasteiger partial charge in [-0.25, -0.2) is 5.48 Å². The smallest absolute Gasteiger partial charge is 0.378 e. The maximum atomic E-state index is 11.7. The number of hydrogen-bond acceptors (Lipinski definition) is 4. The summed E-state index contributed by atoms with van der Waals surface area (Å²) in [6.45, 7) is 0.0735. The van der Waals surface area contributed by atoms with Crippen LogP contribution in [0.5, 0.6) is 0 Å². The van der Waals surface area contributed by atoms with Crippen molar-refractivity contribution in [3.05, 3.63) is 0 Å². The summed E-state index contributed by atoms with van der Waals surface area (Å²) in [7, 11) is 0. The first-order chi connectivity index (χ1) is 7.47. The van der Waals surface area contributed by atoms with E-state index in [9.17, 15) is 18.0 Å². The molecule has 1 rings (SSSR count). The van der Waals surface area contributed by atoms with Gasteiger partial charge in [-0.2, -0.15) is 13.2 Å². The SMILES string of the molecule is O=C(CC1COCCN1)NOCC(F)(F)F. The molecule has 0 aliphatic carbocycles. The summed E-state index contributed by atoms with van der Waals surface area (Å²) in [5.41, 5.74) is 1.73. The molecule has 1 aliphatic rings. The lowest BCUT2D eigenvalue weighted by molar-refractivity contribution is -0.191. The van der Waals surface area contributed by atoms with Gasteiger partial charge < -0.3 is 10.1 Å². The molecule has 1 amide bonds. The number of carbonyl (C=O) groups excluding carboxylic acids is 1. The Bertz CT molecular complexity index is 229. The van der Waals surface area contributed by atoms with Crippen molar-refractivity contribution in [2.75, 3.05) is 26.4 Å². The lowest BCUT2D eigenvalue weighted by atomic mass is 10.2. The fraction of sp³-hybridized carbons (Fsp3) is 0.875. The number of hydrogen-bond donors (Lipinski definition) is 2. The molecule has 1 unspecified atom stereocenters. The van der Waals surface area contributed by atoms with Crippen molar-refractivity contribution in [2.45, 2.75) is 18.6 Å². The van der Waals surface area contributed by atoms with E-state index in [-0.39, 0.29) is 12.5 Å². The molecule has 0 aromatic carbocycles. The Labute approximate surface area is 90.2 Å². The monoisotopic (exact) mass is 242 g/mol. The van der Waals surface area contributed by atoms with Gasteiger partial charge in [0.05, 0.1) is 13.2 Å². The highest BCUT2D eigenvalue weighted by atomic mass is 19.4. The Morgan fingerprint density at radius 2 is 2.31 bits per heavy atom. The minimum Gasteiger partial charge on any atom is -0.378 e. The van der Waals surface area contributed by atoms with Gasteiger partial charge in [0, 0.05) is 19.0 Å². The molecule has 1 aliphatic heterocycles. The maximum Gasteiger partial charge on any atom is 0.414 e. The lowest BCUT2D eigenvalue weighted by Crippen LogP contribution is -2.44. The predicted octanol–water partition coefficient (Wildman–Crippen LogP) is -0.0250. The molecule has 0 bridgehead atoms. The van der Waals surface area contributed by atoms with E-state index in [2.05, 4.69) is 10.2 Å². The van der Waals surface area contributed by atoms with Crippen molar-refractivity contribution in [1.29, 1.82) is 0 Å². The fourth-order valence-corrected chi connectivity index (χ4v) is 1.21. The van der Waals surface area contributed by atoms with Crippen LogP contribution in [-0.2, 0) is 14.4 Å². The molecule has 0 aromatic heterocycles. The summed E-state index contributed by atoms with van der Waals surface area (Å²) in [6, 6.07) is -0.178. The number of hydroxylamine groups is 1. The van der Waals surface area contributed by atoms with Crippen LogP contribution in [0.2, 0.25) is 0 Å². The second-order valence-corrected chi connectivity index (χ2v) is 3.36. The van der Waals surface area contributed by atoms with Gasteiger partial charge in [-0.05, 0) is 0 Å². The average Bonchev–Trinajstić information content (AvgIpc) is 2.17. The molecule has 0 saturated carbocycles. The van der Waals surface area contributed by atoms with Crippen molar-refractivity contribution < 1.29 is 27.5 Å². The zero-order valence-corrected chi connectivity index (χ0v) is 8.47. The summed E-state index contributed by atoms with van der Waals surface area (Å²) in [5, 5.41) is 2.99. The van der Waals surface area contributed by atoms with Gasteiger partial charge in [-0.1, -0.05) is 0 Å². The molecule has 1 fully saturated rings. The minimum atomic E-state index is -4.44. The number of morpholine rings is 1. The number of nitrogens with one attached hydrogen (secondary N) is 2. The molecule has 1 saturated heterocycles. The van der Waals surface area contributed by atoms with E-state index < -0.39 is 18.7 Å². The van der Waals surface area contributed by atoms with E-state index in [1.54, 1.807) is 5.48 Å². The molecule has 16 heavy (non-hydrogen) atoms. The van der Waals surface area contributed by atoms with E-state index in [0.29, 0.717) is 19.8 Å². The van der Waals surface area contributed by atoms with E-state index in [0.717, 1.165) is 0 Å². The molecule has 0 aromatic rings. The number of amides is 1. The van der Waals surface area contributed by atoms with Crippen molar-refractivity contribution in [3.8, 4) is 0 Å². The van der Waals surface area contributed by atoms with Crippen molar-refractivity contribution >= 4 is 5.91 Å². The highest BCUT2D eigenvalue weighted by molar-refractivity contribution is 5.75. The van der Waals surface area contributed by atoms with Crippen LogP contribution in [0.25, 0.3) is 0 Å². The van der Waals surface area contributed by atoms with Gasteiger partial charge in [-0.3, -0.25) is 9.63 Å². The van der Waals surface area contributed by atoms with Crippen molar-refractivity contribution in [1.82, 2.24) is 10.8 Å². The highest BCUT2D eigenvalue weighted by Gasteiger charge is 2.28. The van der Waals surface area contributed by atoms with Crippen LogP contribution in [0.1, 0.15) is 6.42 Å². The predicted molar refractivity (Wildman–Crippen MR) is 47.4 cm³/mol. The van der Waals surface area contributed by atoms with Gasteiger partial charge in [0.2, 0.25) is 5.91 Å². The number of halogens is 3. The van der Waals surface area contributed by atoms with Crippen LogP contribution in [0.3, 0.4) is 0 Å². The largest absolute Gasteiger partial charge is 0.414 e. The summed E-state index contributed by atoms with van der Waals surface area (Å²) >= 11 is 0. The minimum absolute atomic E-state index is 0.0257. The normalized spacial score (nSPS) is 21.8. The zero-order chi connectivity index (χ0) is 12.0. The first-order valence-corrected chi connectivity index (χ1v) is 4.76. The molecule has 8 heteroatoms. The zero-order valence-electron chi connectivity index (χ0n) is 8.47. The van der Waals surface area contributed by atoms with Gasteiger partial charge in [0.1, 0.15) is 0 Å². The second kappa shape index (κ2) is 6.02. The Kier molecular flexibility index (Phi) is 4.97. The van der Waals surface area contributed by atoms with E-state index >= 15 is 0 Å². The number of carbonyl (C=O) groups is 1. The summed E-state index contributed by atoms with van der Waals surface area (Å²) in [5.74, 6) is -0.604. The van der Waals surface area contributed by atoms with Crippen LogP contribution >= 0.6 is 0 Å². The number of ether oxygens (including phenoxy) is 1. The van der Waals surface area contributed by atoms with Gasteiger partial charge in [-0.15, -0.1) is 0 Å². The summed E-state index contributed by atoms with van der Waals surface area (Å²) in [6.07, 6.45) is -4.42. The molecule has 0 spiro atoms. The Morgan fingerprint density at radius 1 is 1.56 bits per heavy atom. The number of alkyl halides is 3. The van der Waals surface area contributed by atoms with Crippen LogP contribution in [0, 0.1) is 0 Å². The van der Waals surface area contributed by atoms with Crippen molar-refractivity contribution in [2.24, 2.45) is 0 Å². The summed E-state index contributed by atoms with van der Waals surface area (Å²) in [4.78, 5) is 15.1. The quantitative estimate of drug-likeness (QED) is 0.680. The third-order valence-electron chi connectivity index (χ3n) is 1.85. The van der Waals surface area contributed by atoms with Crippen LogP contribution in [0.4, 0.5) is 13.2 Å². The van der Waals surface area contributed by atoms with E-state index in [1.165, 1.54) is 0 Å². The molecule has 1 heterocycles. The molecule has 5 nitrogen and oxygen atoms in total. The molecule has 0 radical (unpaired) electrons. The third-order valence-corrected chi connectivity index (χ3v) is 1.85. The van der Waals surface area contributed by atoms with Gasteiger partial charge >= 0.3 is 6.18 Å². The second-order valence-electron chi connectivity index (χ2n) is 3.36. The van der Waals surface area contributed by atoms with E-state index in [1.807, 2.05) is 0 Å². The standard InChI is InChI=1S/C8H13F3N2O3/c9-8(10,11)5-16-13-7(14)3-6-4-15-2-1-12-6/h6,12H,1-5H2,(H,13,14). The topological polar surface area (TPSA) is 59.6 Å². The molecule has 2 N–H and O–H groups in total. The summed E-state index contributed by atoms with van der Waals surface area (Å²) < 4.78 is 40.0. The maximum absolute atomic E-state index is 11.7. The van der Waals surface area contributed by atoms with E-state index in [4.69, 9.17) is 4.74 Å². The van der Waals surface area contributed by atoms with Crippen molar-refractivity contribution in [3.63, 3.8) is 0 Å². The number of rotatable bonds is 4. The first kappa shape index (κ1) is 13.2. The first-order valence-electron chi connectivity index (χ1n) is 4.76. The molecular weight excluding hydrogens is 229 g/mol. The lowest BCUT2D eigenvalue weighted by Gasteiger charge is -2.23. The molecule has 94 valence electrons. The Balaban J connectivity index is 2.10. The van der Waals surface area contributed by atoms with Crippen LogP contribution in [-0.4, -0.2) is 44.5 Å². The van der Waals surface area contributed by atoms with Gasteiger partial charge in [0.25, 0.3) is 0 Å². The van der Waals surface area contributed by atoms with Crippen LogP contribution in [0.15, 0.2) is 0 Å². The average molecular weight is 242 g/mol. The van der Waals surface area contributed by atoms with Crippen LogP contribution < -0.4 is 10.8 Å². The van der Waals surface area contributed by atoms with Gasteiger partial charge in [0.15, 0.2) is 6.61 Å². The Hall–Kier alpha value is -0.860. The fourth-order valence-electron chi connectivity index (χ4n) is 1.21. The molecular formula is C8H13F3N2O3. The third kappa shape index (κ3) is 5.89. The molecule has 1 atom stereocenters.